The molecule has 17 heavy (non-hydrogen) atoms. The predicted molar refractivity (Wildman–Crippen MR) is 75.9 cm³/mol. The van der Waals surface area contributed by atoms with Crippen LogP contribution < -0.4 is 10.6 Å². The van der Waals surface area contributed by atoms with Gasteiger partial charge in [0.2, 0.25) is 0 Å². The number of nitrogens with two attached hydrogens (primary N) is 1. The zero-order valence-corrected chi connectivity index (χ0v) is 11.8. The largest absolute Gasteiger partial charge is 0.372 e. The van der Waals surface area contributed by atoms with Gasteiger partial charge in [-0.2, -0.15) is 0 Å². The van der Waals surface area contributed by atoms with Crippen LogP contribution in [-0.4, -0.2) is 39.1 Å². The smallest absolute Gasteiger partial charge is 0.0642 e. The first-order valence-electron chi connectivity index (χ1n) is 5.82. The highest BCUT2D eigenvalue weighted by atomic mass is 35.5. The van der Waals surface area contributed by atoms with Crippen LogP contribution >= 0.6 is 11.6 Å². The molecule has 0 aliphatic heterocycles. The summed E-state index contributed by atoms with van der Waals surface area (Å²) in [5.74, 6) is 0. The van der Waals surface area contributed by atoms with E-state index in [4.69, 9.17) is 17.3 Å². The van der Waals surface area contributed by atoms with Crippen molar-refractivity contribution in [3.63, 3.8) is 0 Å². The molecule has 1 aromatic rings. The van der Waals surface area contributed by atoms with Crippen LogP contribution in [0.1, 0.15) is 18.5 Å². The summed E-state index contributed by atoms with van der Waals surface area (Å²) in [6.07, 6.45) is 0. The van der Waals surface area contributed by atoms with Gasteiger partial charge in [-0.3, -0.25) is 0 Å². The minimum absolute atomic E-state index is 0.0219. The highest BCUT2D eigenvalue weighted by Crippen LogP contribution is 2.27. The van der Waals surface area contributed by atoms with Crippen molar-refractivity contribution in [2.24, 2.45) is 5.73 Å². The number of anilines is 1. The topological polar surface area (TPSA) is 32.5 Å². The fourth-order valence-corrected chi connectivity index (χ4v) is 1.92. The van der Waals surface area contributed by atoms with Gasteiger partial charge in [0.1, 0.15) is 0 Å². The highest BCUT2D eigenvalue weighted by Gasteiger charge is 2.08. The molecule has 0 unspecified atom stereocenters. The van der Waals surface area contributed by atoms with Crippen LogP contribution in [0.15, 0.2) is 18.2 Å². The molecule has 3 nitrogen and oxygen atoms in total. The van der Waals surface area contributed by atoms with Crippen LogP contribution in [-0.2, 0) is 0 Å². The van der Waals surface area contributed by atoms with Gasteiger partial charge in [0, 0.05) is 26.2 Å². The van der Waals surface area contributed by atoms with E-state index >= 15 is 0 Å². The number of halogens is 1. The lowest BCUT2D eigenvalue weighted by Crippen LogP contribution is -2.28. The molecule has 0 bridgehead atoms. The number of hydrogen-bond donors (Lipinski definition) is 1. The molecular weight excluding hydrogens is 234 g/mol. The average molecular weight is 256 g/mol. The number of nitrogens with zero attached hydrogens (tertiary/aromatic N) is 2. The van der Waals surface area contributed by atoms with E-state index in [9.17, 15) is 0 Å². The van der Waals surface area contributed by atoms with E-state index in [-0.39, 0.29) is 6.04 Å². The second-order valence-corrected chi connectivity index (χ2v) is 5.13. The van der Waals surface area contributed by atoms with Gasteiger partial charge in [0.05, 0.1) is 10.7 Å². The number of rotatable bonds is 5. The Kier molecular flexibility index (Phi) is 5.25. The molecule has 0 amide bonds. The Labute approximate surface area is 109 Å². The molecule has 1 rings (SSSR count). The third-order valence-corrected chi connectivity index (χ3v) is 3.09. The summed E-state index contributed by atoms with van der Waals surface area (Å²) in [6.45, 7) is 3.91. The quantitative estimate of drug-likeness (QED) is 0.877. The summed E-state index contributed by atoms with van der Waals surface area (Å²) in [5.41, 5.74) is 7.95. The van der Waals surface area contributed by atoms with E-state index in [1.54, 1.807) is 0 Å². The Morgan fingerprint density at radius 2 is 1.88 bits per heavy atom. The average Bonchev–Trinajstić information content (AvgIpc) is 2.25. The van der Waals surface area contributed by atoms with Crippen LogP contribution in [0.25, 0.3) is 0 Å². The number of hydrogen-bond acceptors (Lipinski definition) is 3. The van der Waals surface area contributed by atoms with Gasteiger partial charge in [-0.05, 0) is 38.7 Å². The van der Waals surface area contributed by atoms with Crippen LogP contribution in [0.5, 0.6) is 0 Å². The van der Waals surface area contributed by atoms with E-state index in [2.05, 4.69) is 30.9 Å². The Morgan fingerprint density at radius 1 is 1.24 bits per heavy atom. The van der Waals surface area contributed by atoms with Gasteiger partial charge in [0.25, 0.3) is 0 Å². The van der Waals surface area contributed by atoms with Gasteiger partial charge < -0.3 is 15.5 Å². The maximum absolute atomic E-state index is 6.27. The van der Waals surface area contributed by atoms with E-state index in [1.807, 2.05) is 25.1 Å². The molecule has 0 aliphatic carbocycles. The van der Waals surface area contributed by atoms with E-state index in [1.165, 1.54) is 0 Å². The fourth-order valence-electron chi connectivity index (χ4n) is 1.59. The molecule has 0 heterocycles. The Balaban J connectivity index is 2.77. The molecule has 0 aliphatic rings. The number of likely N-dealkylation sites (N-methyl/N-ethyl adjacent to an activating group) is 2. The summed E-state index contributed by atoms with van der Waals surface area (Å²) in [7, 11) is 6.18. The Hall–Kier alpha value is -0.770. The van der Waals surface area contributed by atoms with Gasteiger partial charge in [-0.25, -0.2) is 0 Å². The van der Waals surface area contributed by atoms with Crippen molar-refractivity contribution in [2.75, 3.05) is 39.1 Å². The van der Waals surface area contributed by atoms with Crippen molar-refractivity contribution >= 4 is 17.3 Å². The molecule has 4 heteroatoms. The Bertz CT molecular complexity index is 364. The maximum atomic E-state index is 6.27. The Morgan fingerprint density at radius 3 is 2.35 bits per heavy atom. The second-order valence-electron chi connectivity index (χ2n) is 4.72. The zero-order chi connectivity index (χ0) is 13.0. The maximum Gasteiger partial charge on any atom is 0.0642 e. The summed E-state index contributed by atoms with van der Waals surface area (Å²) >= 11 is 6.27. The van der Waals surface area contributed by atoms with Gasteiger partial charge in [0.15, 0.2) is 0 Å². The highest BCUT2D eigenvalue weighted by molar-refractivity contribution is 6.33. The van der Waals surface area contributed by atoms with E-state index < -0.39 is 0 Å². The number of benzene rings is 1. The summed E-state index contributed by atoms with van der Waals surface area (Å²) in [5, 5.41) is 0.765. The van der Waals surface area contributed by atoms with Crippen molar-refractivity contribution < 1.29 is 0 Å². The summed E-state index contributed by atoms with van der Waals surface area (Å²) < 4.78 is 0. The first kappa shape index (κ1) is 14.3. The zero-order valence-electron chi connectivity index (χ0n) is 11.1. The molecule has 0 saturated heterocycles. The predicted octanol–water partition coefficient (Wildman–Crippen LogP) is 2.36. The molecule has 0 spiro atoms. The van der Waals surface area contributed by atoms with Crippen molar-refractivity contribution in [3.8, 4) is 0 Å². The lowest BCUT2D eigenvalue weighted by atomic mass is 10.1. The molecule has 0 radical (unpaired) electrons. The minimum atomic E-state index is 0.0219. The minimum Gasteiger partial charge on any atom is -0.372 e. The molecule has 0 aromatic heterocycles. The van der Waals surface area contributed by atoms with Gasteiger partial charge >= 0.3 is 0 Å². The molecule has 2 N–H and O–H groups in total. The molecule has 96 valence electrons. The monoisotopic (exact) mass is 255 g/mol. The first-order valence-corrected chi connectivity index (χ1v) is 6.20. The lowest BCUT2D eigenvalue weighted by Gasteiger charge is -2.23. The van der Waals surface area contributed by atoms with Crippen molar-refractivity contribution in [2.45, 2.75) is 13.0 Å². The summed E-state index contributed by atoms with van der Waals surface area (Å²) in [6, 6.07) is 6.05. The van der Waals surface area contributed by atoms with Crippen molar-refractivity contribution in [1.82, 2.24) is 4.90 Å². The van der Waals surface area contributed by atoms with Crippen LogP contribution in [0.2, 0.25) is 5.02 Å². The van der Waals surface area contributed by atoms with Crippen LogP contribution in [0.3, 0.4) is 0 Å². The molecule has 1 atom stereocenters. The summed E-state index contributed by atoms with van der Waals surface area (Å²) in [4.78, 5) is 4.31. The third kappa shape index (κ3) is 4.19. The van der Waals surface area contributed by atoms with E-state index in [0.717, 1.165) is 29.4 Å². The molecule has 0 saturated carbocycles. The van der Waals surface area contributed by atoms with Gasteiger partial charge in [-0.15, -0.1) is 0 Å². The molecular formula is C13H22ClN3. The van der Waals surface area contributed by atoms with Gasteiger partial charge in [-0.1, -0.05) is 17.7 Å². The van der Waals surface area contributed by atoms with E-state index in [0.29, 0.717) is 0 Å². The lowest BCUT2D eigenvalue weighted by molar-refractivity contribution is 0.416. The fraction of sp³-hybridized carbons (Fsp3) is 0.538. The van der Waals surface area contributed by atoms with Crippen LogP contribution in [0.4, 0.5) is 5.69 Å². The SMILES string of the molecule is C[C@@H](N)c1ccc(N(C)CCN(C)C)c(Cl)c1. The van der Waals surface area contributed by atoms with Crippen LogP contribution in [0, 0.1) is 0 Å². The normalized spacial score (nSPS) is 12.9. The first-order chi connectivity index (χ1) is 7.91. The standard InChI is InChI=1S/C13H22ClN3/c1-10(15)11-5-6-13(12(14)9-11)17(4)8-7-16(2)3/h5-6,9-10H,7-8,15H2,1-4H3/t10-/m1/s1. The van der Waals surface area contributed by atoms with Crippen molar-refractivity contribution in [1.29, 1.82) is 0 Å². The molecule has 1 aromatic carbocycles. The third-order valence-electron chi connectivity index (χ3n) is 2.79. The molecule has 0 fully saturated rings. The van der Waals surface area contributed by atoms with Crippen molar-refractivity contribution in [3.05, 3.63) is 28.8 Å². The second kappa shape index (κ2) is 6.24.